The molecule has 0 bridgehead atoms. The second-order valence-electron chi connectivity index (χ2n) is 11.6. The Morgan fingerprint density at radius 3 is 2.48 bits per heavy atom. The van der Waals surface area contributed by atoms with Crippen LogP contribution < -0.4 is 5.73 Å². The van der Waals surface area contributed by atoms with Gasteiger partial charge in [-0.3, -0.25) is 0 Å². The maximum absolute atomic E-state index is 15.5. The summed E-state index contributed by atoms with van der Waals surface area (Å²) in [6, 6.07) is 0. The molecule has 176 valence electrons. The predicted molar refractivity (Wildman–Crippen MR) is 119 cm³/mol. The Labute approximate surface area is 185 Å². The van der Waals surface area contributed by atoms with Crippen molar-refractivity contribution in [2.45, 2.75) is 90.5 Å². The van der Waals surface area contributed by atoms with Gasteiger partial charge in [0.15, 0.2) is 0 Å². The van der Waals surface area contributed by atoms with E-state index in [-0.39, 0.29) is 22.9 Å². The molecule has 4 saturated carbocycles. The first-order chi connectivity index (χ1) is 14.6. The molecule has 4 aliphatic rings. The number of oxime groups is 2. The molecular weight excluding hydrogens is 397 g/mol. The van der Waals surface area contributed by atoms with Gasteiger partial charge in [-0.2, -0.15) is 0 Å². The van der Waals surface area contributed by atoms with Crippen LogP contribution in [-0.2, 0) is 9.68 Å². The zero-order valence-corrected chi connectivity index (χ0v) is 19.7. The molecule has 0 amide bonds. The third-order valence-electron chi connectivity index (χ3n) is 9.38. The van der Waals surface area contributed by atoms with Gasteiger partial charge in [0.2, 0.25) is 0 Å². The highest BCUT2D eigenvalue weighted by atomic mass is 19.1. The van der Waals surface area contributed by atoms with Crippen LogP contribution in [0.3, 0.4) is 0 Å². The summed E-state index contributed by atoms with van der Waals surface area (Å²) >= 11 is 0. The van der Waals surface area contributed by atoms with Gasteiger partial charge >= 0.3 is 0 Å². The van der Waals surface area contributed by atoms with Gasteiger partial charge < -0.3 is 20.5 Å². The summed E-state index contributed by atoms with van der Waals surface area (Å²) < 4.78 is 15.5. The van der Waals surface area contributed by atoms with E-state index in [4.69, 9.17) is 15.4 Å². The van der Waals surface area contributed by atoms with Crippen molar-refractivity contribution in [1.82, 2.24) is 0 Å². The minimum atomic E-state index is -1.13. The van der Waals surface area contributed by atoms with Crippen LogP contribution in [-0.4, -0.2) is 48.1 Å². The van der Waals surface area contributed by atoms with Gasteiger partial charge in [-0.1, -0.05) is 24.2 Å². The number of halogens is 1. The first-order valence-electron chi connectivity index (χ1n) is 11.9. The van der Waals surface area contributed by atoms with E-state index in [1.807, 2.05) is 13.8 Å². The molecule has 0 aromatic heterocycles. The molecule has 0 aliphatic heterocycles. The number of fused-ring (bicyclic) bond motifs is 5. The van der Waals surface area contributed by atoms with Gasteiger partial charge in [-0.25, -0.2) is 4.39 Å². The van der Waals surface area contributed by atoms with Crippen molar-refractivity contribution in [1.29, 1.82) is 0 Å². The summed E-state index contributed by atoms with van der Waals surface area (Å²) in [5, 5.41) is 19.4. The van der Waals surface area contributed by atoms with Crippen LogP contribution in [0.2, 0.25) is 0 Å². The van der Waals surface area contributed by atoms with E-state index in [2.05, 4.69) is 24.2 Å². The maximum Gasteiger partial charge on any atom is 0.144 e. The van der Waals surface area contributed by atoms with E-state index in [0.29, 0.717) is 42.9 Å². The van der Waals surface area contributed by atoms with Crippen LogP contribution in [0.15, 0.2) is 10.3 Å². The average Bonchev–Trinajstić information content (AvgIpc) is 3.02. The van der Waals surface area contributed by atoms with Crippen LogP contribution in [0.4, 0.5) is 4.39 Å². The molecule has 4 aliphatic carbocycles. The van der Waals surface area contributed by atoms with Crippen LogP contribution in [0, 0.1) is 34.5 Å². The van der Waals surface area contributed by atoms with Gasteiger partial charge in [-0.15, -0.1) is 0 Å². The highest BCUT2D eigenvalue weighted by molar-refractivity contribution is 5.97. The number of aliphatic hydroxyl groups is 1. The van der Waals surface area contributed by atoms with Crippen molar-refractivity contribution in [3.8, 4) is 0 Å². The summed E-state index contributed by atoms with van der Waals surface area (Å²) in [6.45, 7) is 8.54. The molecule has 0 saturated heterocycles. The van der Waals surface area contributed by atoms with Gasteiger partial charge in [-0.05, 0) is 81.0 Å². The van der Waals surface area contributed by atoms with Crippen LogP contribution in [0.25, 0.3) is 0 Å². The minimum Gasteiger partial charge on any atom is -0.399 e. The fourth-order valence-corrected chi connectivity index (χ4v) is 7.40. The lowest BCUT2D eigenvalue weighted by atomic mass is 9.44. The SMILES string of the molecule is CO/N=C1/C[C@H]2[C@@H]3CC[C@H](O)[C@@]3(C)CC[C@@H]2[C@@]2(C)C[C@@H](F)/C(=N/OC(C)(C)CN)CC12. The third-order valence-corrected chi connectivity index (χ3v) is 9.38. The van der Waals surface area contributed by atoms with Crippen molar-refractivity contribution in [3.05, 3.63) is 0 Å². The zero-order valence-electron chi connectivity index (χ0n) is 19.7. The van der Waals surface area contributed by atoms with Crippen molar-refractivity contribution in [2.75, 3.05) is 13.7 Å². The molecule has 7 heteroatoms. The molecule has 6 nitrogen and oxygen atoms in total. The molecule has 1 unspecified atom stereocenters. The molecule has 4 fully saturated rings. The number of rotatable bonds is 4. The van der Waals surface area contributed by atoms with Crippen LogP contribution in [0.1, 0.15) is 72.6 Å². The Morgan fingerprint density at radius 1 is 1.10 bits per heavy atom. The standard InChI is InChI=1S/C24H40FN3O3/c1-22(2,13-26)31-28-20-11-17-19(27-30-5)10-14-15-6-7-21(29)23(15,3)9-8-16(14)24(17,4)12-18(20)25/h14-18,21,29H,6-13,26H2,1-5H3/b27-19-,28-20+/t14-,15-,16-,17?,18+,21-,23-,24+/m0/s1. The summed E-state index contributed by atoms with van der Waals surface area (Å²) in [6.07, 6.45) is 4.43. The van der Waals surface area contributed by atoms with Gasteiger partial charge in [0.25, 0.3) is 0 Å². The van der Waals surface area contributed by atoms with Gasteiger partial charge in [0.1, 0.15) is 18.9 Å². The molecule has 31 heavy (non-hydrogen) atoms. The lowest BCUT2D eigenvalue weighted by Crippen LogP contribution is -2.58. The smallest absolute Gasteiger partial charge is 0.144 e. The summed E-state index contributed by atoms with van der Waals surface area (Å²) in [4.78, 5) is 10.9. The molecular formula is C24H40FN3O3. The Balaban J connectivity index is 1.65. The lowest BCUT2D eigenvalue weighted by Gasteiger charge is -2.60. The molecule has 0 spiro atoms. The van der Waals surface area contributed by atoms with E-state index < -0.39 is 11.8 Å². The highest BCUT2D eigenvalue weighted by Gasteiger charge is 2.62. The summed E-state index contributed by atoms with van der Waals surface area (Å²) in [5.74, 6) is 1.41. The topological polar surface area (TPSA) is 89.4 Å². The zero-order chi connectivity index (χ0) is 22.6. The number of nitrogens with two attached hydrogens (primary N) is 1. The van der Waals surface area contributed by atoms with Crippen molar-refractivity contribution < 1.29 is 19.2 Å². The van der Waals surface area contributed by atoms with E-state index in [0.717, 1.165) is 37.8 Å². The van der Waals surface area contributed by atoms with Crippen molar-refractivity contribution >= 4 is 11.4 Å². The molecule has 0 radical (unpaired) electrons. The third kappa shape index (κ3) is 3.69. The van der Waals surface area contributed by atoms with Crippen molar-refractivity contribution in [3.63, 3.8) is 0 Å². The molecule has 4 rings (SSSR count). The van der Waals surface area contributed by atoms with E-state index in [1.165, 1.54) is 0 Å². The lowest BCUT2D eigenvalue weighted by molar-refractivity contribution is -0.0903. The van der Waals surface area contributed by atoms with Crippen LogP contribution >= 0.6 is 0 Å². The number of nitrogens with zero attached hydrogens (tertiary/aromatic N) is 2. The number of aliphatic hydroxyl groups excluding tert-OH is 1. The fraction of sp³-hybridized carbons (Fsp3) is 0.917. The van der Waals surface area contributed by atoms with E-state index in [9.17, 15) is 5.11 Å². The second-order valence-corrected chi connectivity index (χ2v) is 11.6. The quantitative estimate of drug-likeness (QED) is 0.649. The highest BCUT2D eigenvalue weighted by Crippen LogP contribution is 2.65. The fourth-order valence-electron chi connectivity index (χ4n) is 7.40. The first-order valence-corrected chi connectivity index (χ1v) is 11.9. The van der Waals surface area contributed by atoms with E-state index >= 15 is 4.39 Å². The Morgan fingerprint density at radius 2 is 1.81 bits per heavy atom. The van der Waals surface area contributed by atoms with Crippen LogP contribution in [0.5, 0.6) is 0 Å². The number of hydrogen-bond acceptors (Lipinski definition) is 6. The average molecular weight is 438 g/mol. The first kappa shape index (κ1) is 23.0. The number of alkyl halides is 1. The summed E-state index contributed by atoms with van der Waals surface area (Å²) in [7, 11) is 1.59. The Hall–Kier alpha value is -1.21. The normalized spacial score (nSPS) is 47.6. The Bertz CT molecular complexity index is 756. The van der Waals surface area contributed by atoms with E-state index in [1.54, 1.807) is 7.11 Å². The molecule has 0 aromatic carbocycles. The summed E-state index contributed by atoms with van der Waals surface area (Å²) in [5.41, 5.74) is 6.38. The predicted octanol–water partition coefficient (Wildman–Crippen LogP) is 4.06. The number of hydrogen-bond donors (Lipinski definition) is 2. The molecule has 3 N–H and O–H groups in total. The minimum absolute atomic E-state index is 0.0272. The largest absolute Gasteiger partial charge is 0.399 e. The molecule has 0 aromatic rings. The molecule has 0 heterocycles. The molecule has 8 atom stereocenters. The van der Waals surface area contributed by atoms with Crippen molar-refractivity contribution in [2.24, 2.45) is 50.5 Å². The van der Waals surface area contributed by atoms with Gasteiger partial charge in [0.05, 0.1) is 17.5 Å². The Kier molecular flexibility index (Phi) is 5.91. The maximum atomic E-state index is 15.5. The monoisotopic (exact) mass is 437 g/mol. The second kappa shape index (κ2) is 7.98. The van der Waals surface area contributed by atoms with Gasteiger partial charge in [0, 0.05) is 18.9 Å².